The maximum atomic E-state index is 13.0. The number of likely N-dealkylation sites (tertiary alicyclic amines) is 1. The Kier molecular flexibility index (Phi) is 6.10. The number of aryl methyl sites for hydroxylation is 1. The number of pyridine rings is 2. The Bertz CT molecular complexity index is 650. The van der Waals surface area contributed by atoms with E-state index < -0.39 is 0 Å². The smallest absolute Gasteiger partial charge is 0.141 e. The van der Waals surface area contributed by atoms with Crippen molar-refractivity contribution in [2.45, 2.75) is 32.7 Å². The molecule has 3 heterocycles. The van der Waals surface area contributed by atoms with Crippen LogP contribution < -0.4 is 0 Å². The molecule has 0 radical (unpaired) electrons. The first kappa shape index (κ1) is 18.0. The van der Waals surface area contributed by atoms with E-state index >= 15 is 0 Å². The summed E-state index contributed by atoms with van der Waals surface area (Å²) < 4.78 is 18.8. The molecule has 4 nitrogen and oxygen atoms in total. The molecular formula is C20H26FN3O. The van der Waals surface area contributed by atoms with Crippen LogP contribution in [0.3, 0.4) is 0 Å². The summed E-state index contributed by atoms with van der Waals surface area (Å²) in [5, 5.41) is 0. The first-order valence-corrected chi connectivity index (χ1v) is 8.99. The third-order valence-electron chi connectivity index (χ3n) is 4.96. The Labute approximate surface area is 149 Å². The highest BCUT2D eigenvalue weighted by Crippen LogP contribution is 2.36. The minimum atomic E-state index is -0.281. The van der Waals surface area contributed by atoms with Crippen LogP contribution >= 0.6 is 0 Å². The van der Waals surface area contributed by atoms with Gasteiger partial charge in [-0.3, -0.25) is 14.9 Å². The van der Waals surface area contributed by atoms with E-state index in [9.17, 15) is 4.39 Å². The lowest BCUT2D eigenvalue weighted by molar-refractivity contribution is 0.0488. The van der Waals surface area contributed by atoms with Gasteiger partial charge in [0.05, 0.1) is 12.8 Å². The summed E-state index contributed by atoms with van der Waals surface area (Å²) in [5.41, 5.74) is 2.34. The van der Waals surface area contributed by atoms with Gasteiger partial charge in [0, 0.05) is 43.2 Å². The summed E-state index contributed by atoms with van der Waals surface area (Å²) >= 11 is 0. The standard InChI is InChI=1S/C20H26FN3O/c1-2-25-16-20(8-7-19-6-5-18(21)13-23-19)9-11-24(15-20)14-17-4-3-10-22-12-17/h3-6,10,12-13H,2,7-9,11,14-16H2,1H3/t20-/m0/s1. The Balaban J connectivity index is 1.61. The van der Waals surface area contributed by atoms with Gasteiger partial charge in [-0.15, -0.1) is 0 Å². The summed E-state index contributed by atoms with van der Waals surface area (Å²) in [5.74, 6) is -0.281. The van der Waals surface area contributed by atoms with Crippen LogP contribution in [0.1, 0.15) is 31.0 Å². The average Bonchev–Trinajstić information content (AvgIpc) is 3.04. The van der Waals surface area contributed by atoms with E-state index in [4.69, 9.17) is 4.74 Å². The van der Waals surface area contributed by atoms with Gasteiger partial charge in [-0.1, -0.05) is 6.07 Å². The van der Waals surface area contributed by atoms with Crippen LogP contribution in [-0.4, -0.2) is 41.2 Å². The fraction of sp³-hybridized carbons (Fsp3) is 0.500. The molecule has 0 N–H and O–H groups in total. The zero-order valence-corrected chi connectivity index (χ0v) is 14.8. The molecule has 0 amide bonds. The van der Waals surface area contributed by atoms with Crippen molar-refractivity contribution in [3.63, 3.8) is 0 Å². The lowest BCUT2D eigenvalue weighted by atomic mass is 9.82. The molecule has 0 aromatic carbocycles. The van der Waals surface area contributed by atoms with Crippen LogP contribution in [0, 0.1) is 11.2 Å². The summed E-state index contributed by atoms with van der Waals surface area (Å²) in [6.45, 7) is 6.56. The molecule has 0 saturated carbocycles. The molecule has 1 fully saturated rings. The molecule has 5 heteroatoms. The zero-order chi connectivity index (χ0) is 17.5. The Morgan fingerprint density at radius 1 is 1.28 bits per heavy atom. The predicted molar refractivity (Wildman–Crippen MR) is 95.6 cm³/mol. The molecule has 1 aliphatic rings. The molecule has 0 unspecified atom stereocenters. The first-order chi connectivity index (χ1) is 12.2. The fourth-order valence-electron chi connectivity index (χ4n) is 3.57. The third kappa shape index (κ3) is 5.06. The van der Waals surface area contributed by atoms with E-state index in [1.807, 2.05) is 25.4 Å². The molecule has 0 spiro atoms. The number of aromatic nitrogens is 2. The van der Waals surface area contributed by atoms with E-state index in [-0.39, 0.29) is 11.2 Å². The molecule has 2 aromatic rings. The van der Waals surface area contributed by atoms with Crippen molar-refractivity contribution in [1.29, 1.82) is 0 Å². The van der Waals surface area contributed by atoms with Crippen molar-refractivity contribution in [2.75, 3.05) is 26.3 Å². The van der Waals surface area contributed by atoms with Crippen molar-refractivity contribution in [3.05, 3.63) is 59.9 Å². The molecule has 0 aliphatic carbocycles. The monoisotopic (exact) mass is 343 g/mol. The minimum Gasteiger partial charge on any atom is -0.381 e. The highest BCUT2D eigenvalue weighted by Gasteiger charge is 2.38. The van der Waals surface area contributed by atoms with Crippen LogP contribution in [0.25, 0.3) is 0 Å². The molecule has 25 heavy (non-hydrogen) atoms. The van der Waals surface area contributed by atoms with Gasteiger partial charge in [0.15, 0.2) is 0 Å². The van der Waals surface area contributed by atoms with E-state index in [1.54, 1.807) is 6.07 Å². The van der Waals surface area contributed by atoms with E-state index in [2.05, 4.69) is 20.9 Å². The quantitative estimate of drug-likeness (QED) is 0.735. The van der Waals surface area contributed by atoms with Gasteiger partial charge in [0.25, 0.3) is 0 Å². The summed E-state index contributed by atoms with van der Waals surface area (Å²) in [4.78, 5) is 10.9. The number of ether oxygens (including phenoxy) is 1. The summed E-state index contributed by atoms with van der Waals surface area (Å²) in [6, 6.07) is 7.38. The van der Waals surface area contributed by atoms with Gasteiger partial charge < -0.3 is 4.74 Å². The predicted octanol–water partition coefficient (Wildman–Crippen LogP) is 3.48. The fourth-order valence-corrected chi connectivity index (χ4v) is 3.57. The maximum absolute atomic E-state index is 13.0. The second kappa shape index (κ2) is 8.50. The van der Waals surface area contributed by atoms with Crippen LogP contribution in [0.5, 0.6) is 0 Å². The van der Waals surface area contributed by atoms with E-state index in [0.717, 1.165) is 57.8 Å². The van der Waals surface area contributed by atoms with Crippen molar-refractivity contribution in [3.8, 4) is 0 Å². The lowest BCUT2D eigenvalue weighted by Crippen LogP contribution is -2.32. The summed E-state index contributed by atoms with van der Waals surface area (Å²) in [6.07, 6.45) is 8.03. The molecule has 134 valence electrons. The van der Waals surface area contributed by atoms with Gasteiger partial charge in [0.1, 0.15) is 5.82 Å². The van der Waals surface area contributed by atoms with Gasteiger partial charge >= 0.3 is 0 Å². The lowest BCUT2D eigenvalue weighted by Gasteiger charge is -2.29. The molecule has 1 atom stereocenters. The van der Waals surface area contributed by atoms with Gasteiger partial charge in [-0.25, -0.2) is 4.39 Å². The SMILES string of the molecule is CCOC[C@@]1(CCc2ccc(F)cn2)CCN(Cc2cccnc2)C1. The molecule has 1 aliphatic heterocycles. The highest BCUT2D eigenvalue weighted by molar-refractivity contribution is 5.10. The Morgan fingerprint density at radius 3 is 2.92 bits per heavy atom. The second-order valence-electron chi connectivity index (χ2n) is 6.93. The molecule has 2 aromatic heterocycles. The zero-order valence-electron chi connectivity index (χ0n) is 14.8. The Hall–Kier alpha value is -1.85. The van der Waals surface area contributed by atoms with Crippen molar-refractivity contribution >= 4 is 0 Å². The van der Waals surface area contributed by atoms with Crippen LogP contribution in [0.15, 0.2) is 42.9 Å². The number of hydrogen-bond acceptors (Lipinski definition) is 4. The van der Waals surface area contributed by atoms with Gasteiger partial charge in [0.2, 0.25) is 0 Å². The number of rotatable bonds is 8. The van der Waals surface area contributed by atoms with Crippen LogP contribution in [-0.2, 0) is 17.7 Å². The summed E-state index contributed by atoms with van der Waals surface area (Å²) in [7, 11) is 0. The normalized spacial score (nSPS) is 20.9. The topological polar surface area (TPSA) is 38.2 Å². The van der Waals surface area contributed by atoms with Gasteiger partial charge in [-0.05, 0) is 56.5 Å². The van der Waals surface area contributed by atoms with Crippen molar-refractivity contribution in [2.24, 2.45) is 5.41 Å². The molecule has 0 bridgehead atoms. The van der Waals surface area contributed by atoms with Crippen molar-refractivity contribution in [1.82, 2.24) is 14.9 Å². The minimum absolute atomic E-state index is 0.147. The first-order valence-electron chi connectivity index (χ1n) is 8.99. The number of nitrogens with zero attached hydrogens (tertiary/aromatic N) is 3. The maximum Gasteiger partial charge on any atom is 0.141 e. The molecule has 3 rings (SSSR count). The average molecular weight is 343 g/mol. The van der Waals surface area contributed by atoms with E-state index in [1.165, 1.54) is 17.8 Å². The van der Waals surface area contributed by atoms with Crippen LogP contribution in [0.2, 0.25) is 0 Å². The number of halogens is 1. The molecular weight excluding hydrogens is 317 g/mol. The van der Waals surface area contributed by atoms with E-state index in [0.29, 0.717) is 0 Å². The Morgan fingerprint density at radius 2 is 2.20 bits per heavy atom. The molecule has 1 saturated heterocycles. The largest absolute Gasteiger partial charge is 0.381 e. The van der Waals surface area contributed by atoms with Gasteiger partial charge in [-0.2, -0.15) is 0 Å². The van der Waals surface area contributed by atoms with Crippen LogP contribution in [0.4, 0.5) is 4.39 Å². The third-order valence-corrected chi connectivity index (χ3v) is 4.96. The number of hydrogen-bond donors (Lipinski definition) is 0. The van der Waals surface area contributed by atoms with Crippen molar-refractivity contribution < 1.29 is 9.13 Å². The second-order valence-corrected chi connectivity index (χ2v) is 6.93. The highest BCUT2D eigenvalue weighted by atomic mass is 19.1.